The smallest absolute Gasteiger partial charge is 0.254 e. The average Bonchev–Trinajstić information content (AvgIpc) is 2.37. The maximum Gasteiger partial charge on any atom is 0.254 e. The topological polar surface area (TPSA) is 72.1 Å². The van der Waals surface area contributed by atoms with Gasteiger partial charge in [0.25, 0.3) is 5.91 Å². The molecule has 19 heavy (non-hydrogen) atoms. The maximum atomic E-state index is 12.2. The second-order valence-corrected chi connectivity index (χ2v) is 4.47. The minimum atomic E-state index is -0.179. The number of hydrogen-bond acceptors (Lipinski definition) is 4. The molecule has 0 aliphatic rings. The molecule has 2 rings (SSSR count). The van der Waals surface area contributed by atoms with Gasteiger partial charge < -0.3 is 10.6 Å². The number of aromatic nitrogens is 2. The zero-order valence-corrected chi connectivity index (χ0v) is 11.1. The van der Waals surface area contributed by atoms with Gasteiger partial charge in [0.2, 0.25) is 0 Å². The summed E-state index contributed by atoms with van der Waals surface area (Å²) in [5.74, 6) is 0.0451. The Morgan fingerprint density at radius 3 is 2.84 bits per heavy atom. The van der Waals surface area contributed by atoms with Crippen molar-refractivity contribution >= 4 is 23.3 Å². The average molecular weight is 277 g/mol. The van der Waals surface area contributed by atoms with Crippen molar-refractivity contribution in [2.75, 3.05) is 12.8 Å². The Balaban J connectivity index is 2.15. The first-order chi connectivity index (χ1) is 9.06. The second-order valence-electron chi connectivity index (χ2n) is 4.09. The van der Waals surface area contributed by atoms with Gasteiger partial charge in [0.1, 0.15) is 11.0 Å². The highest BCUT2D eigenvalue weighted by atomic mass is 35.5. The van der Waals surface area contributed by atoms with E-state index in [9.17, 15) is 4.79 Å². The first-order valence-corrected chi connectivity index (χ1v) is 6.02. The van der Waals surface area contributed by atoms with Gasteiger partial charge in [0.15, 0.2) is 0 Å². The van der Waals surface area contributed by atoms with Crippen LogP contribution in [-0.4, -0.2) is 27.8 Å². The number of carbonyl (C=O) groups excluding carboxylic acids is 1. The molecule has 98 valence electrons. The van der Waals surface area contributed by atoms with E-state index in [-0.39, 0.29) is 16.9 Å². The maximum absolute atomic E-state index is 12.2. The fourth-order valence-corrected chi connectivity index (χ4v) is 1.88. The van der Waals surface area contributed by atoms with Crippen molar-refractivity contribution in [1.82, 2.24) is 14.9 Å². The lowest BCUT2D eigenvalue weighted by Gasteiger charge is -2.17. The number of rotatable bonds is 3. The highest BCUT2D eigenvalue weighted by Gasteiger charge is 2.14. The molecule has 1 amide bonds. The summed E-state index contributed by atoms with van der Waals surface area (Å²) in [5.41, 5.74) is 6.80. The molecule has 6 heteroatoms. The van der Waals surface area contributed by atoms with E-state index in [0.717, 1.165) is 5.69 Å². The van der Waals surface area contributed by atoms with Crippen LogP contribution in [0.25, 0.3) is 0 Å². The fourth-order valence-electron chi connectivity index (χ4n) is 1.67. The van der Waals surface area contributed by atoms with Crippen molar-refractivity contribution in [3.8, 4) is 0 Å². The van der Waals surface area contributed by atoms with Crippen molar-refractivity contribution in [2.24, 2.45) is 0 Å². The Morgan fingerprint density at radius 2 is 2.21 bits per heavy atom. The van der Waals surface area contributed by atoms with Gasteiger partial charge in [0, 0.05) is 18.8 Å². The number of carbonyl (C=O) groups is 1. The van der Waals surface area contributed by atoms with Gasteiger partial charge in [-0.15, -0.1) is 0 Å². The number of nitrogen functional groups attached to an aromatic ring is 1. The molecule has 0 aliphatic heterocycles. The van der Waals surface area contributed by atoms with Crippen LogP contribution in [0.4, 0.5) is 5.82 Å². The van der Waals surface area contributed by atoms with Crippen LogP contribution in [0, 0.1) is 0 Å². The molecule has 2 aromatic rings. The van der Waals surface area contributed by atoms with Crippen LogP contribution in [0.15, 0.2) is 36.5 Å². The highest BCUT2D eigenvalue weighted by molar-refractivity contribution is 6.29. The van der Waals surface area contributed by atoms with Gasteiger partial charge in [-0.1, -0.05) is 17.7 Å². The Morgan fingerprint density at radius 1 is 1.42 bits per heavy atom. The summed E-state index contributed by atoms with van der Waals surface area (Å²) in [4.78, 5) is 21.8. The van der Waals surface area contributed by atoms with E-state index in [1.165, 1.54) is 12.1 Å². The lowest BCUT2D eigenvalue weighted by atomic mass is 10.2. The monoisotopic (exact) mass is 276 g/mol. The molecule has 0 saturated carbocycles. The summed E-state index contributed by atoms with van der Waals surface area (Å²) in [5, 5.41) is 0.203. The first kappa shape index (κ1) is 13.3. The largest absolute Gasteiger partial charge is 0.384 e. The predicted octanol–water partition coefficient (Wildman–Crippen LogP) is 1.98. The van der Waals surface area contributed by atoms with Gasteiger partial charge in [-0.3, -0.25) is 9.78 Å². The predicted molar refractivity (Wildman–Crippen MR) is 73.7 cm³/mol. The van der Waals surface area contributed by atoms with Crippen molar-refractivity contribution in [3.63, 3.8) is 0 Å². The zero-order chi connectivity index (χ0) is 13.8. The number of nitrogens with two attached hydrogens (primary N) is 1. The molecule has 0 spiro atoms. The number of pyridine rings is 2. The molecule has 2 aromatic heterocycles. The van der Waals surface area contributed by atoms with Gasteiger partial charge in [-0.25, -0.2) is 4.98 Å². The highest BCUT2D eigenvalue weighted by Crippen LogP contribution is 2.14. The van der Waals surface area contributed by atoms with Gasteiger partial charge in [-0.2, -0.15) is 0 Å². The van der Waals surface area contributed by atoms with E-state index in [2.05, 4.69) is 9.97 Å². The number of halogens is 1. The molecular weight excluding hydrogens is 264 g/mol. The Labute approximate surface area is 116 Å². The quantitative estimate of drug-likeness (QED) is 0.870. The lowest BCUT2D eigenvalue weighted by molar-refractivity contribution is 0.0783. The molecule has 0 saturated heterocycles. The van der Waals surface area contributed by atoms with Gasteiger partial charge >= 0.3 is 0 Å². The second kappa shape index (κ2) is 5.67. The van der Waals surface area contributed by atoms with Gasteiger partial charge in [0.05, 0.1) is 12.2 Å². The minimum Gasteiger partial charge on any atom is -0.384 e. The van der Waals surface area contributed by atoms with Crippen LogP contribution in [0.2, 0.25) is 5.15 Å². The molecule has 0 radical (unpaired) electrons. The van der Waals surface area contributed by atoms with Gasteiger partial charge in [-0.05, 0) is 24.3 Å². The van der Waals surface area contributed by atoms with Crippen LogP contribution in [0.1, 0.15) is 16.1 Å². The summed E-state index contributed by atoms with van der Waals surface area (Å²) >= 11 is 5.78. The molecule has 0 aromatic carbocycles. The summed E-state index contributed by atoms with van der Waals surface area (Å²) in [7, 11) is 1.70. The van der Waals surface area contributed by atoms with Crippen molar-refractivity contribution in [3.05, 3.63) is 52.9 Å². The Kier molecular flexibility index (Phi) is 3.97. The Bertz CT molecular complexity index is 568. The summed E-state index contributed by atoms with van der Waals surface area (Å²) in [6.07, 6.45) is 1.69. The normalized spacial score (nSPS) is 10.2. The van der Waals surface area contributed by atoms with E-state index in [4.69, 9.17) is 17.3 Å². The molecule has 5 nitrogen and oxygen atoms in total. The van der Waals surface area contributed by atoms with E-state index in [0.29, 0.717) is 12.1 Å². The summed E-state index contributed by atoms with van der Waals surface area (Å²) < 4.78 is 0. The van der Waals surface area contributed by atoms with E-state index < -0.39 is 0 Å². The standard InChI is InChI=1S/C13H13ClN4O/c1-18(8-10-4-2-3-5-16-10)13(19)9-6-11(14)17-12(15)7-9/h2-7H,8H2,1H3,(H2,15,17). The number of nitrogens with zero attached hydrogens (tertiary/aromatic N) is 3. The molecule has 0 atom stereocenters. The van der Waals surface area contributed by atoms with Crippen LogP contribution in [0.5, 0.6) is 0 Å². The van der Waals surface area contributed by atoms with Crippen molar-refractivity contribution < 1.29 is 4.79 Å². The van der Waals surface area contributed by atoms with Crippen LogP contribution in [-0.2, 0) is 6.54 Å². The number of hydrogen-bond donors (Lipinski definition) is 1. The van der Waals surface area contributed by atoms with Crippen LogP contribution < -0.4 is 5.73 Å². The first-order valence-electron chi connectivity index (χ1n) is 5.64. The number of amides is 1. The zero-order valence-electron chi connectivity index (χ0n) is 10.4. The third kappa shape index (κ3) is 3.42. The Hall–Kier alpha value is -2.14. The van der Waals surface area contributed by atoms with E-state index in [1.54, 1.807) is 18.1 Å². The molecule has 0 unspecified atom stereocenters. The fraction of sp³-hybridized carbons (Fsp3) is 0.154. The lowest BCUT2D eigenvalue weighted by Crippen LogP contribution is -2.26. The molecule has 0 aliphatic carbocycles. The SMILES string of the molecule is CN(Cc1ccccn1)C(=O)c1cc(N)nc(Cl)c1. The summed E-state index contributed by atoms with van der Waals surface area (Å²) in [6.45, 7) is 0.416. The molecular formula is C13H13ClN4O. The van der Waals surface area contributed by atoms with Crippen molar-refractivity contribution in [1.29, 1.82) is 0 Å². The van der Waals surface area contributed by atoms with E-state index in [1.807, 2.05) is 18.2 Å². The number of anilines is 1. The summed E-state index contributed by atoms with van der Waals surface area (Å²) in [6, 6.07) is 8.56. The van der Waals surface area contributed by atoms with Crippen LogP contribution >= 0.6 is 11.6 Å². The molecule has 2 heterocycles. The van der Waals surface area contributed by atoms with E-state index >= 15 is 0 Å². The minimum absolute atomic E-state index is 0.179. The molecule has 2 N–H and O–H groups in total. The molecule has 0 fully saturated rings. The van der Waals surface area contributed by atoms with Crippen LogP contribution in [0.3, 0.4) is 0 Å². The van der Waals surface area contributed by atoms with Crippen molar-refractivity contribution in [2.45, 2.75) is 6.54 Å². The third-order valence-corrected chi connectivity index (χ3v) is 2.73. The third-order valence-electron chi connectivity index (χ3n) is 2.53. The molecule has 0 bridgehead atoms.